The van der Waals surface area contributed by atoms with E-state index < -0.39 is 12.1 Å². The third-order valence-electron chi connectivity index (χ3n) is 5.62. The highest BCUT2D eigenvalue weighted by Crippen LogP contribution is 2.29. The van der Waals surface area contributed by atoms with Crippen molar-refractivity contribution in [3.05, 3.63) is 89.5 Å². The monoisotopic (exact) mass is 475 g/mol. The van der Waals surface area contributed by atoms with Crippen molar-refractivity contribution in [1.82, 2.24) is 0 Å². The van der Waals surface area contributed by atoms with Crippen molar-refractivity contribution < 1.29 is 33.7 Å². The van der Waals surface area contributed by atoms with Crippen LogP contribution in [0.4, 0.5) is 5.69 Å². The van der Waals surface area contributed by atoms with Gasteiger partial charge in [-0.2, -0.15) is 0 Å². The zero-order valence-corrected chi connectivity index (χ0v) is 19.2. The van der Waals surface area contributed by atoms with Crippen LogP contribution in [0.3, 0.4) is 0 Å². The Morgan fingerprint density at radius 1 is 0.829 bits per heavy atom. The van der Waals surface area contributed by atoms with Gasteiger partial charge in [-0.25, -0.2) is 9.69 Å². The molecule has 8 heteroatoms. The summed E-state index contributed by atoms with van der Waals surface area (Å²) in [6.45, 7) is 0.876. The third-order valence-corrected chi connectivity index (χ3v) is 5.62. The number of imide groups is 1. The second-order valence-corrected chi connectivity index (χ2v) is 7.95. The van der Waals surface area contributed by atoms with Crippen LogP contribution < -0.4 is 14.4 Å². The lowest BCUT2D eigenvalue weighted by Crippen LogP contribution is -2.29. The van der Waals surface area contributed by atoms with Gasteiger partial charge in [-0.05, 0) is 54.1 Å². The van der Waals surface area contributed by atoms with E-state index in [4.69, 9.17) is 19.3 Å². The van der Waals surface area contributed by atoms with Crippen LogP contribution in [-0.4, -0.2) is 49.3 Å². The molecule has 1 atom stereocenters. The molecule has 8 nitrogen and oxygen atoms in total. The molecule has 1 aliphatic heterocycles. The van der Waals surface area contributed by atoms with Crippen molar-refractivity contribution in [2.24, 2.45) is 0 Å². The lowest BCUT2D eigenvalue weighted by atomic mass is 10.1. The summed E-state index contributed by atoms with van der Waals surface area (Å²) >= 11 is 0. The number of anilines is 1. The first-order valence-electron chi connectivity index (χ1n) is 11.2. The van der Waals surface area contributed by atoms with E-state index in [0.717, 1.165) is 5.56 Å². The fourth-order valence-corrected chi connectivity index (χ4v) is 3.76. The Morgan fingerprint density at radius 3 is 1.83 bits per heavy atom. The van der Waals surface area contributed by atoms with Crippen LogP contribution in [0.2, 0.25) is 0 Å². The van der Waals surface area contributed by atoms with Gasteiger partial charge in [0.15, 0.2) is 6.10 Å². The molecule has 35 heavy (non-hydrogen) atoms. The van der Waals surface area contributed by atoms with Crippen LogP contribution in [0, 0.1) is 0 Å². The Kier molecular flexibility index (Phi) is 7.42. The van der Waals surface area contributed by atoms with Crippen molar-refractivity contribution in [2.45, 2.75) is 18.9 Å². The van der Waals surface area contributed by atoms with Gasteiger partial charge in [0.1, 0.15) is 11.5 Å². The van der Waals surface area contributed by atoms with E-state index >= 15 is 0 Å². The molecule has 2 amide bonds. The molecule has 1 heterocycles. The smallest absolute Gasteiger partial charge is 0.333 e. The van der Waals surface area contributed by atoms with Crippen molar-refractivity contribution in [1.29, 1.82) is 0 Å². The summed E-state index contributed by atoms with van der Waals surface area (Å²) in [4.78, 5) is 37.4. The maximum Gasteiger partial charge on any atom is 0.333 e. The van der Waals surface area contributed by atoms with Crippen LogP contribution in [0.1, 0.15) is 32.7 Å². The number of amides is 2. The molecule has 1 N–H and O–H groups in total. The topological polar surface area (TPSA) is 102 Å². The standard InChI is InChI=1S/C27H25NO7/c1-33-24(27(31)32)17-18-7-11-20(12-8-18)34-15-4-16-35-21-13-9-19(10-14-21)28-25(29)22-5-2-3-6-23(22)26(28)30/h2-3,5-14,24H,4,15-17H2,1H3,(H,31,32)/t24-/m0/s1. The number of nitrogens with zero attached hydrogens (tertiary/aromatic N) is 1. The molecule has 0 fully saturated rings. The number of carboxylic acids is 1. The number of fused-ring (bicyclic) bond motifs is 1. The number of hydrogen-bond donors (Lipinski definition) is 1. The highest BCUT2D eigenvalue weighted by molar-refractivity contribution is 6.34. The summed E-state index contributed by atoms with van der Waals surface area (Å²) in [5.74, 6) is -0.343. The first-order valence-corrected chi connectivity index (χ1v) is 11.2. The highest BCUT2D eigenvalue weighted by Gasteiger charge is 2.36. The molecule has 0 spiro atoms. The average Bonchev–Trinajstić information content (AvgIpc) is 3.13. The van der Waals surface area contributed by atoms with Gasteiger partial charge in [0.05, 0.1) is 30.0 Å². The van der Waals surface area contributed by atoms with E-state index in [-0.39, 0.29) is 18.2 Å². The number of carbonyl (C=O) groups is 3. The predicted octanol–water partition coefficient (Wildman–Crippen LogP) is 3.98. The van der Waals surface area contributed by atoms with E-state index in [1.165, 1.54) is 12.0 Å². The van der Waals surface area contributed by atoms with E-state index in [1.807, 2.05) is 12.1 Å². The molecule has 0 saturated heterocycles. The molecule has 0 aromatic heterocycles. The van der Waals surface area contributed by atoms with Gasteiger partial charge in [-0.3, -0.25) is 9.59 Å². The van der Waals surface area contributed by atoms with Crippen molar-refractivity contribution >= 4 is 23.5 Å². The minimum absolute atomic E-state index is 0.283. The largest absolute Gasteiger partial charge is 0.493 e. The zero-order chi connectivity index (χ0) is 24.8. The van der Waals surface area contributed by atoms with Gasteiger partial charge < -0.3 is 19.3 Å². The Bertz CT molecular complexity index is 1170. The molecule has 0 radical (unpaired) electrons. The molecular formula is C27H25NO7. The second kappa shape index (κ2) is 10.8. The Labute approximate surface area is 202 Å². The van der Waals surface area contributed by atoms with Crippen LogP contribution in [-0.2, 0) is 16.0 Å². The molecular weight excluding hydrogens is 450 g/mol. The second-order valence-electron chi connectivity index (χ2n) is 7.95. The fourth-order valence-electron chi connectivity index (χ4n) is 3.76. The number of carboxylic acid groups (broad SMARTS) is 1. The van der Waals surface area contributed by atoms with E-state index in [1.54, 1.807) is 60.7 Å². The van der Waals surface area contributed by atoms with Crippen LogP contribution in [0.25, 0.3) is 0 Å². The zero-order valence-electron chi connectivity index (χ0n) is 19.2. The predicted molar refractivity (Wildman–Crippen MR) is 128 cm³/mol. The SMILES string of the molecule is CO[C@@H](Cc1ccc(OCCCOc2ccc(N3C(=O)c4ccccc4C3=O)cc2)cc1)C(=O)O. The lowest BCUT2D eigenvalue weighted by Gasteiger charge is -2.14. The van der Waals surface area contributed by atoms with Gasteiger partial charge in [0.2, 0.25) is 0 Å². The van der Waals surface area contributed by atoms with Gasteiger partial charge >= 0.3 is 5.97 Å². The number of hydrogen-bond acceptors (Lipinski definition) is 6. The third kappa shape index (κ3) is 5.50. The molecule has 180 valence electrons. The quantitative estimate of drug-likeness (QED) is 0.331. The maximum atomic E-state index is 12.6. The molecule has 0 unspecified atom stereocenters. The van der Waals surface area contributed by atoms with E-state index in [2.05, 4.69) is 0 Å². The molecule has 4 rings (SSSR count). The summed E-state index contributed by atoms with van der Waals surface area (Å²) in [6, 6.07) is 20.8. The van der Waals surface area contributed by atoms with Crippen molar-refractivity contribution in [3.8, 4) is 11.5 Å². The average molecular weight is 475 g/mol. The first kappa shape index (κ1) is 24.0. The van der Waals surface area contributed by atoms with Gasteiger partial charge in [0.25, 0.3) is 11.8 Å². The van der Waals surface area contributed by atoms with E-state index in [9.17, 15) is 14.4 Å². The van der Waals surface area contributed by atoms with Gasteiger partial charge in [-0.15, -0.1) is 0 Å². The molecule has 0 saturated carbocycles. The summed E-state index contributed by atoms with van der Waals surface area (Å²) in [5.41, 5.74) is 2.16. The Morgan fingerprint density at radius 2 is 1.34 bits per heavy atom. The normalized spacial score (nSPS) is 13.5. The van der Waals surface area contributed by atoms with Crippen molar-refractivity contribution in [2.75, 3.05) is 25.2 Å². The first-order chi connectivity index (χ1) is 17.0. The molecule has 3 aromatic carbocycles. The summed E-state index contributed by atoms with van der Waals surface area (Å²) < 4.78 is 16.4. The minimum atomic E-state index is -0.994. The summed E-state index contributed by atoms with van der Waals surface area (Å²) in [6.07, 6.45) is 0.0546. The van der Waals surface area contributed by atoms with Crippen LogP contribution >= 0.6 is 0 Å². The number of ether oxygens (including phenoxy) is 3. The number of methoxy groups -OCH3 is 1. The Balaban J connectivity index is 1.21. The fraction of sp³-hybridized carbons (Fsp3) is 0.222. The summed E-state index contributed by atoms with van der Waals surface area (Å²) in [5, 5.41) is 9.07. The van der Waals surface area contributed by atoms with Crippen LogP contribution in [0.5, 0.6) is 11.5 Å². The highest BCUT2D eigenvalue weighted by atomic mass is 16.5. The minimum Gasteiger partial charge on any atom is -0.493 e. The lowest BCUT2D eigenvalue weighted by molar-refractivity contribution is -0.148. The number of rotatable bonds is 11. The number of carbonyl (C=O) groups excluding carboxylic acids is 2. The Hall–Kier alpha value is -4.17. The molecule has 0 bridgehead atoms. The molecule has 0 aliphatic carbocycles. The maximum absolute atomic E-state index is 12.6. The van der Waals surface area contributed by atoms with Crippen molar-refractivity contribution in [3.63, 3.8) is 0 Å². The van der Waals surface area contributed by atoms with Gasteiger partial charge in [0, 0.05) is 20.0 Å². The number of benzene rings is 3. The van der Waals surface area contributed by atoms with Gasteiger partial charge in [-0.1, -0.05) is 24.3 Å². The molecule has 3 aromatic rings. The summed E-state index contributed by atoms with van der Waals surface area (Å²) in [7, 11) is 1.38. The van der Waals surface area contributed by atoms with E-state index in [0.29, 0.717) is 47.9 Å². The van der Waals surface area contributed by atoms with Crippen LogP contribution in [0.15, 0.2) is 72.8 Å². The molecule has 1 aliphatic rings. The number of aliphatic carboxylic acids is 1.